The largest absolute Gasteiger partial charge is 0.366 e. The maximum atomic E-state index is 12.1. The third-order valence-electron chi connectivity index (χ3n) is 4.92. The zero-order chi connectivity index (χ0) is 19.0. The third kappa shape index (κ3) is 3.30. The lowest BCUT2D eigenvalue weighted by molar-refractivity contribution is 0.0998. The van der Waals surface area contributed by atoms with Gasteiger partial charge in [-0.05, 0) is 60.8 Å². The second-order valence-corrected chi connectivity index (χ2v) is 7.21. The lowest BCUT2D eigenvalue weighted by Gasteiger charge is -2.33. The number of halogens is 2. The molecule has 0 unspecified atom stereocenters. The van der Waals surface area contributed by atoms with Crippen LogP contribution in [0.1, 0.15) is 62.2 Å². The van der Waals surface area contributed by atoms with Crippen LogP contribution in [0.15, 0.2) is 30.3 Å². The molecule has 0 spiro atoms. The minimum Gasteiger partial charge on any atom is -0.366 e. The van der Waals surface area contributed by atoms with E-state index in [0.717, 1.165) is 29.5 Å². The minimum absolute atomic E-state index is 0.0338. The molecule has 0 radical (unpaired) electrons. The number of carbonyl (C=O) groups excluding carboxylic acids is 2. The van der Waals surface area contributed by atoms with Gasteiger partial charge in [-0.2, -0.15) is 0 Å². The molecule has 1 aliphatic carbocycles. The molecule has 0 bridgehead atoms. The van der Waals surface area contributed by atoms with E-state index in [0.29, 0.717) is 15.6 Å². The highest BCUT2D eigenvalue weighted by atomic mass is 35.5. The van der Waals surface area contributed by atoms with Crippen molar-refractivity contribution >= 4 is 35.0 Å². The molecule has 2 aromatic rings. The lowest BCUT2D eigenvalue weighted by Crippen LogP contribution is -2.29. The lowest BCUT2D eigenvalue weighted by atomic mass is 9.74. The number of amides is 2. The van der Waals surface area contributed by atoms with E-state index in [2.05, 4.69) is 5.32 Å². The zero-order valence-electron chi connectivity index (χ0n) is 14.2. The van der Waals surface area contributed by atoms with Crippen LogP contribution in [0.2, 0.25) is 10.0 Å². The van der Waals surface area contributed by atoms with Crippen LogP contribution in [0.3, 0.4) is 0 Å². The molecule has 0 heterocycles. The topological polar surface area (TPSA) is 98.2 Å². The number of fused-ring (bicyclic) bond motifs is 1. The molecule has 0 aliphatic heterocycles. The van der Waals surface area contributed by atoms with Gasteiger partial charge in [-0.1, -0.05) is 29.3 Å². The van der Waals surface area contributed by atoms with Crippen LogP contribution in [-0.2, 0) is 0 Å². The summed E-state index contributed by atoms with van der Waals surface area (Å²) in [6.07, 6.45) is 1.63. The fourth-order valence-electron chi connectivity index (χ4n) is 3.70. The van der Waals surface area contributed by atoms with Gasteiger partial charge in [0.05, 0.1) is 10.0 Å². The van der Waals surface area contributed by atoms with E-state index in [-0.39, 0.29) is 17.5 Å². The summed E-state index contributed by atoms with van der Waals surface area (Å²) in [5.41, 5.74) is 14.3. The van der Waals surface area contributed by atoms with Crippen LogP contribution in [0.25, 0.3) is 0 Å². The van der Waals surface area contributed by atoms with Crippen LogP contribution >= 0.6 is 23.2 Å². The summed E-state index contributed by atoms with van der Waals surface area (Å²) in [7, 11) is 1.83. The molecular formula is C19H19Cl2N3O2. The van der Waals surface area contributed by atoms with Crippen molar-refractivity contribution < 1.29 is 9.59 Å². The van der Waals surface area contributed by atoms with Crippen LogP contribution in [0.4, 0.5) is 0 Å². The fourth-order valence-corrected chi connectivity index (χ4v) is 4.00. The summed E-state index contributed by atoms with van der Waals surface area (Å²) >= 11 is 12.2. The summed E-state index contributed by atoms with van der Waals surface area (Å²) in [4.78, 5) is 23.8. The molecule has 5 nitrogen and oxygen atoms in total. The van der Waals surface area contributed by atoms with Crippen molar-refractivity contribution in [1.29, 1.82) is 0 Å². The van der Waals surface area contributed by atoms with E-state index in [1.165, 1.54) is 6.07 Å². The van der Waals surface area contributed by atoms with Crippen molar-refractivity contribution in [2.24, 2.45) is 11.5 Å². The molecule has 0 fully saturated rings. The molecule has 3 rings (SSSR count). The van der Waals surface area contributed by atoms with E-state index < -0.39 is 11.8 Å². The molecule has 2 amide bonds. The Morgan fingerprint density at radius 2 is 1.77 bits per heavy atom. The average molecular weight is 392 g/mol. The molecule has 5 N–H and O–H groups in total. The summed E-state index contributed by atoms with van der Waals surface area (Å²) in [6, 6.07) is 8.66. The number of nitrogens with two attached hydrogens (primary N) is 2. The normalized spacial score (nSPS) is 19.0. The van der Waals surface area contributed by atoms with Crippen molar-refractivity contribution in [2.45, 2.75) is 24.8 Å². The van der Waals surface area contributed by atoms with Gasteiger partial charge in [-0.15, -0.1) is 0 Å². The summed E-state index contributed by atoms with van der Waals surface area (Å²) < 4.78 is 0. The quantitative estimate of drug-likeness (QED) is 0.744. The predicted molar refractivity (Wildman–Crippen MR) is 103 cm³/mol. The molecule has 136 valence electrons. The van der Waals surface area contributed by atoms with Gasteiger partial charge in [0.1, 0.15) is 0 Å². The highest BCUT2D eigenvalue weighted by Gasteiger charge is 2.32. The molecule has 0 aromatic heterocycles. The second kappa shape index (κ2) is 7.27. The van der Waals surface area contributed by atoms with E-state index >= 15 is 0 Å². The van der Waals surface area contributed by atoms with Gasteiger partial charge in [0.2, 0.25) is 11.8 Å². The first-order valence-corrected chi connectivity index (χ1v) is 8.98. The molecule has 1 aliphatic rings. The number of benzene rings is 2. The van der Waals surface area contributed by atoms with Crippen LogP contribution in [0, 0.1) is 0 Å². The van der Waals surface area contributed by atoms with Gasteiger partial charge in [-0.3, -0.25) is 9.59 Å². The van der Waals surface area contributed by atoms with E-state index in [4.69, 9.17) is 34.7 Å². The Kier molecular flexibility index (Phi) is 5.23. The molecule has 0 saturated carbocycles. The van der Waals surface area contributed by atoms with Gasteiger partial charge >= 0.3 is 0 Å². The Morgan fingerprint density at radius 3 is 2.35 bits per heavy atom. The Morgan fingerprint density at radius 1 is 1.04 bits per heavy atom. The van der Waals surface area contributed by atoms with Crippen LogP contribution in [0.5, 0.6) is 0 Å². The Bertz CT molecular complexity index is 899. The molecular weight excluding hydrogens is 373 g/mol. The third-order valence-corrected chi connectivity index (χ3v) is 5.66. The first-order valence-electron chi connectivity index (χ1n) is 8.23. The van der Waals surface area contributed by atoms with Gasteiger partial charge in [-0.25, -0.2) is 0 Å². The predicted octanol–water partition coefficient (Wildman–Crippen LogP) is 3.38. The number of rotatable bonds is 4. The zero-order valence-corrected chi connectivity index (χ0v) is 15.7. The number of primary amides is 2. The standard InChI is InChI=1S/C19H19Cl2N3O2/c1-24-16-5-3-11(9-2-4-14(20)15(21)8-9)12-6-10(18(22)25)7-13(17(12)16)19(23)26/h2,4,6-8,11,16,24H,3,5H2,1H3,(H2,22,25)(H2,23,26)/t11-,16-/m0/s1. The van der Waals surface area contributed by atoms with Crippen molar-refractivity contribution in [2.75, 3.05) is 7.05 Å². The summed E-state index contributed by atoms with van der Waals surface area (Å²) in [6.45, 7) is 0. The molecule has 26 heavy (non-hydrogen) atoms. The Balaban J connectivity index is 2.25. The van der Waals surface area contributed by atoms with Crippen LogP contribution < -0.4 is 16.8 Å². The fraction of sp³-hybridized carbons (Fsp3) is 0.263. The van der Waals surface area contributed by atoms with E-state index in [1.807, 2.05) is 19.2 Å². The maximum absolute atomic E-state index is 12.1. The number of hydrogen-bond acceptors (Lipinski definition) is 3. The number of nitrogens with one attached hydrogen (secondary N) is 1. The monoisotopic (exact) mass is 391 g/mol. The molecule has 2 atom stereocenters. The highest BCUT2D eigenvalue weighted by molar-refractivity contribution is 6.42. The average Bonchev–Trinajstić information content (AvgIpc) is 2.61. The smallest absolute Gasteiger partial charge is 0.249 e. The van der Waals surface area contributed by atoms with Crippen molar-refractivity contribution in [3.63, 3.8) is 0 Å². The van der Waals surface area contributed by atoms with Gasteiger partial charge in [0.15, 0.2) is 0 Å². The summed E-state index contributed by atoms with van der Waals surface area (Å²) in [5.74, 6) is -1.23. The van der Waals surface area contributed by atoms with E-state index in [1.54, 1.807) is 12.1 Å². The molecule has 7 heteroatoms. The first-order chi connectivity index (χ1) is 12.3. The van der Waals surface area contributed by atoms with E-state index in [9.17, 15) is 9.59 Å². The Hall–Kier alpha value is -2.08. The van der Waals surface area contributed by atoms with Gasteiger partial charge in [0.25, 0.3) is 0 Å². The first kappa shape index (κ1) is 18.7. The van der Waals surface area contributed by atoms with Crippen molar-refractivity contribution in [1.82, 2.24) is 5.32 Å². The minimum atomic E-state index is -0.602. The number of carbonyl (C=O) groups is 2. The van der Waals surface area contributed by atoms with Crippen LogP contribution in [-0.4, -0.2) is 18.9 Å². The molecule has 0 saturated heterocycles. The maximum Gasteiger partial charge on any atom is 0.249 e. The van der Waals surface area contributed by atoms with Crippen molar-refractivity contribution in [3.05, 3.63) is 68.2 Å². The summed E-state index contributed by atoms with van der Waals surface area (Å²) in [5, 5.41) is 4.16. The van der Waals surface area contributed by atoms with Gasteiger partial charge in [0, 0.05) is 23.1 Å². The Labute approximate surface area is 161 Å². The highest BCUT2D eigenvalue weighted by Crippen LogP contribution is 2.44. The second-order valence-electron chi connectivity index (χ2n) is 6.40. The SMILES string of the molecule is CN[C@H]1CC[C@@H](c2ccc(Cl)c(Cl)c2)c2cc(C(N)=O)cc(C(N)=O)c21. The van der Waals surface area contributed by atoms with Crippen molar-refractivity contribution in [3.8, 4) is 0 Å². The molecule has 2 aromatic carbocycles. The number of hydrogen-bond donors (Lipinski definition) is 3. The van der Waals surface area contributed by atoms with Gasteiger partial charge < -0.3 is 16.8 Å².